The minimum Gasteiger partial charge on any atom is -0.480 e. The van der Waals surface area contributed by atoms with Crippen LogP contribution in [0.2, 0.25) is 0 Å². The molecule has 0 aromatic heterocycles. The van der Waals surface area contributed by atoms with Gasteiger partial charge in [-0.3, -0.25) is 0 Å². The van der Waals surface area contributed by atoms with E-state index in [0.29, 0.717) is 13.1 Å². The van der Waals surface area contributed by atoms with Gasteiger partial charge < -0.3 is 20.1 Å². The SMILES string of the molecule is C=CCC(NC(=O)N1CCCC(C)(OC)C1)C(=O)O. The van der Waals surface area contributed by atoms with Crippen LogP contribution in [-0.2, 0) is 9.53 Å². The van der Waals surface area contributed by atoms with Crippen LogP contribution in [0.4, 0.5) is 4.79 Å². The van der Waals surface area contributed by atoms with Gasteiger partial charge in [-0.25, -0.2) is 9.59 Å². The third-order valence-electron chi connectivity index (χ3n) is 3.44. The molecule has 1 fully saturated rings. The van der Waals surface area contributed by atoms with E-state index in [1.807, 2.05) is 6.92 Å². The molecule has 2 N–H and O–H groups in total. The third-order valence-corrected chi connectivity index (χ3v) is 3.44. The molecule has 0 bridgehead atoms. The molecule has 0 spiro atoms. The Balaban J connectivity index is 2.61. The Kier molecular flexibility index (Phi) is 5.35. The lowest BCUT2D eigenvalue weighted by Gasteiger charge is -2.39. The molecule has 2 unspecified atom stereocenters. The van der Waals surface area contributed by atoms with Gasteiger partial charge in [-0.15, -0.1) is 6.58 Å². The summed E-state index contributed by atoms with van der Waals surface area (Å²) in [5.74, 6) is -1.06. The average Bonchev–Trinajstić information content (AvgIpc) is 2.38. The maximum absolute atomic E-state index is 12.1. The molecule has 0 saturated carbocycles. The summed E-state index contributed by atoms with van der Waals surface area (Å²) in [6.45, 7) is 6.52. The summed E-state index contributed by atoms with van der Waals surface area (Å²) in [4.78, 5) is 24.6. The molecule has 2 atom stereocenters. The number of carbonyl (C=O) groups excluding carboxylic acids is 1. The molecule has 1 rings (SSSR count). The zero-order chi connectivity index (χ0) is 14.5. The summed E-state index contributed by atoms with van der Waals surface area (Å²) in [5, 5.41) is 11.5. The number of carboxylic acids is 1. The first-order valence-corrected chi connectivity index (χ1v) is 6.36. The minimum absolute atomic E-state index is 0.205. The Morgan fingerprint density at radius 2 is 2.32 bits per heavy atom. The summed E-state index contributed by atoms with van der Waals surface area (Å²) in [7, 11) is 1.62. The normalized spacial score (nSPS) is 24.6. The van der Waals surface area contributed by atoms with E-state index in [2.05, 4.69) is 11.9 Å². The molecule has 2 amide bonds. The first kappa shape index (κ1) is 15.5. The van der Waals surface area contributed by atoms with E-state index in [4.69, 9.17) is 9.84 Å². The van der Waals surface area contributed by atoms with Gasteiger partial charge in [0.1, 0.15) is 6.04 Å². The first-order valence-electron chi connectivity index (χ1n) is 6.36. The predicted molar refractivity (Wildman–Crippen MR) is 71.0 cm³/mol. The Morgan fingerprint density at radius 3 is 2.84 bits per heavy atom. The largest absolute Gasteiger partial charge is 0.480 e. The fourth-order valence-corrected chi connectivity index (χ4v) is 2.17. The number of carbonyl (C=O) groups is 2. The van der Waals surface area contributed by atoms with Crippen molar-refractivity contribution in [2.45, 2.75) is 37.8 Å². The van der Waals surface area contributed by atoms with Gasteiger partial charge >= 0.3 is 12.0 Å². The molecular weight excluding hydrogens is 248 g/mol. The lowest BCUT2D eigenvalue weighted by atomic mass is 9.95. The number of nitrogens with zero attached hydrogens (tertiary/aromatic N) is 1. The Morgan fingerprint density at radius 1 is 1.63 bits per heavy atom. The number of ether oxygens (including phenoxy) is 1. The van der Waals surface area contributed by atoms with Gasteiger partial charge in [-0.2, -0.15) is 0 Å². The van der Waals surface area contributed by atoms with E-state index in [1.165, 1.54) is 6.08 Å². The van der Waals surface area contributed by atoms with Gasteiger partial charge in [0.15, 0.2) is 0 Å². The number of piperidine rings is 1. The lowest BCUT2D eigenvalue weighted by Crippen LogP contribution is -2.55. The van der Waals surface area contributed by atoms with Crippen LogP contribution < -0.4 is 5.32 Å². The van der Waals surface area contributed by atoms with E-state index < -0.39 is 12.0 Å². The smallest absolute Gasteiger partial charge is 0.326 e. The van der Waals surface area contributed by atoms with Crippen LogP contribution in [0, 0.1) is 0 Å². The number of methoxy groups -OCH3 is 1. The molecule has 0 aliphatic carbocycles. The number of hydrogen-bond acceptors (Lipinski definition) is 3. The van der Waals surface area contributed by atoms with Crippen molar-refractivity contribution in [1.82, 2.24) is 10.2 Å². The van der Waals surface area contributed by atoms with Gasteiger partial charge in [0.05, 0.1) is 12.1 Å². The highest BCUT2D eigenvalue weighted by Gasteiger charge is 2.34. The van der Waals surface area contributed by atoms with Gasteiger partial charge in [-0.05, 0) is 26.2 Å². The number of carboxylic acid groups (broad SMARTS) is 1. The highest BCUT2D eigenvalue weighted by molar-refractivity contribution is 5.82. The summed E-state index contributed by atoms with van der Waals surface area (Å²) in [6.07, 6.45) is 3.42. The molecule has 1 aliphatic rings. The van der Waals surface area contributed by atoms with Gasteiger partial charge in [0, 0.05) is 13.7 Å². The number of hydrogen-bond donors (Lipinski definition) is 2. The van der Waals surface area contributed by atoms with Gasteiger partial charge in [0.25, 0.3) is 0 Å². The maximum atomic E-state index is 12.1. The second kappa shape index (κ2) is 6.56. The molecular formula is C13H22N2O4. The summed E-state index contributed by atoms with van der Waals surface area (Å²) < 4.78 is 5.40. The van der Waals surface area contributed by atoms with Crippen molar-refractivity contribution >= 4 is 12.0 Å². The minimum atomic E-state index is -1.06. The summed E-state index contributed by atoms with van der Waals surface area (Å²) in [5.41, 5.74) is -0.354. The maximum Gasteiger partial charge on any atom is 0.326 e. The van der Waals surface area contributed by atoms with Crippen LogP contribution in [0.5, 0.6) is 0 Å². The highest BCUT2D eigenvalue weighted by Crippen LogP contribution is 2.23. The number of nitrogens with one attached hydrogen (secondary N) is 1. The molecule has 108 valence electrons. The zero-order valence-electron chi connectivity index (χ0n) is 11.5. The Hall–Kier alpha value is -1.56. The second-order valence-electron chi connectivity index (χ2n) is 5.04. The van der Waals surface area contributed by atoms with Gasteiger partial charge in [0.2, 0.25) is 0 Å². The summed E-state index contributed by atoms with van der Waals surface area (Å²) >= 11 is 0. The van der Waals surface area contributed by atoms with Gasteiger partial charge in [-0.1, -0.05) is 6.08 Å². The van der Waals surface area contributed by atoms with Crippen LogP contribution in [0.1, 0.15) is 26.2 Å². The topological polar surface area (TPSA) is 78.9 Å². The molecule has 6 nitrogen and oxygen atoms in total. The molecule has 0 aromatic rings. The number of aliphatic carboxylic acids is 1. The van der Waals surface area contributed by atoms with Crippen LogP contribution in [-0.4, -0.2) is 53.8 Å². The lowest BCUT2D eigenvalue weighted by molar-refractivity contribution is -0.139. The van der Waals surface area contributed by atoms with E-state index >= 15 is 0 Å². The van der Waals surface area contributed by atoms with Crippen molar-refractivity contribution in [2.75, 3.05) is 20.2 Å². The number of urea groups is 1. The number of rotatable bonds is 5. The fourth-order valence-electron chi connectivity index (χ4n) is 2.17. The van der Waals surface area contributed by atoms with E-state index in [1.54, 1.807) is 12.0 Å². The fraction of sp³-hybridized carbons (Fsp3) is 0.692. The van der Waals surface area contributed by atoms with Crippen molar-refractivity contribution < 1.29 is 19.4 Å². The number of likely N-dealkylation sites (tertiary alicyclic amines) is 1. The van der Waals surface area contributed by atoms with Crippen LogP contribution in [0.15, 0.2) is 12.7 Å². The zero-order valence-corrected chi connectivity index (χ0v) is 11.5. The van der Waals surface area contributed by atoms with Crippen LogP contribution >= 0.6 is 0 Å². The van der Waals surface area contributed by atoms with Crippen LogP contribution in [0.3, 0.4) is 0 Å². The van der Waals surface area contributed by atoms with E-state index in [0.717, 1.165) is 12.8 Å². The second-order valence-corrected chi connectivity index (χ2v) is 5.04. The van der Waals surface area contributed by atoms with E-state index in [9.17, 15) is 9.59 Å². The first-order chi connectivity index (χ1) is 8.91. The molecule has 0 radical (unpaired) electrons. The monoisotopic (exact) mass is 270 g/mol. The average molecular weight is 270 g/mol. The standard InChI is InChI=1S/C13H22N2O4/c1-4-6-10(11(16)17)14-12(18)15-8-5-7-13(2,9-15)19-3/h4,10H,1,5-9H2,2-3H3,(H,14,18)(H,16,17). The highest BCUT2D eigenvalue weighted by atomic mass is 16.5. The molecule has 0 aromatic carbocycles. The third kappa shape index (κ3) is 4.24. The molecule has 6 heteroatoms. The van der Waals surface area contributed by atoms with Crippen molar-refractivity contribution in [3.05, 3.63) is 12.7 Å². The molecule has 1 saturated heterocycles. The van der Waals surface area contributed by atoms with Crippen molar-refractivity contribution in [3.63, 3.8) is 0 Å². The molecule has 19 heavy (non-hydrogen) atoms. The Bertz CT molecular complexity index is 359. The molecule has 1 heterocycles. The van der Waals surface area contributed by atoms with Crippen LogP contribution in [0.25, 0.3) is 0 Å². The van der Waals surface area contributed by atoms with E-state index in [-0.39, 0.29) is 18.1 Å². The summed E-state index contributed by atoms with van der Waals surface area (Å²) in [6, 6.07) is -1.29. The molecule has 1 aliphatic heterocycles. The predicted octanol–water partition coefficient (Wildman–Crippen LogP) is 1.23. The quantitative estimate of drug-likeness (QED) is 0.736. The Labute approximate surface area is 113 Å². The number of amides is 2. The van der Waals surface area contributed by atoms with Crippen molar-refractivity contribution in [2.24, 2.45) is 0 Å². The van der Waals surface area contributed by atoms with Crippen molar-refractivity contribution in [3.8, 4) is 0 Å². The van der Waals surface area contributed by atoms with Crippen molar-refractivity contribution in [1.29, 1.82) is 0 Å².